The molecular formula is C21H21N5O2. The number of nitrogens with one attached hydrogen (secondary N) is 1. The molecule has 1 aliphatic rings. The van der Waals surface area contributed by atoms with Crippen LogP contribution in [0.4, 0.5) is 5.69 Å². The first-order valence-electron chi connectivity index (χ1n) is 9.56. The number of rotatable bonds is 4. The Morgan fingerprint density at radius 1 is 1.25 bits per heavy atom. The molecule has 3 heterocycles. The zero-order valence-corrected chi connectivity index (χ0v) is 16.1. The molecule has 7 heteroatoms. The van der Waals surface area contributed by atoms with Crippen LogP contribution in [0.5, 0.6) is 0 Å². The van der Waals surface area contributed by atoms with Crippen molar-refractivity contribution in [3.05, 3.63) is 47.6 Å². The maximum atomic E-state index is 13.1. The first kappa shape index (κ1) is 16.9. The number of oxazole rings is 1. The number of carbonyl (C=O) groups is 1. The van der Waals surface area contributed by atoms with E-state index in [0.717, 1.165) is 35.1 Å². The Morgan fingerprint density at radius 2 is 2.07 bits per heavy atom. The van der Waals surface area contributed by atoms with Crippen molar-refractivity contribution in [3.63, 3.8) is 0 Å². The molecule has 142 valence electrons. The lowest BCUT2D eigenvalue weighted by Crippen LogP contribution is -2.14. The Morgan fingerprint density at radius 3 is 2.82 bits per heavy atom. The standard InChI is InChI=1S/C21H21N5O2/c1-11(2)26-20-16(10-22-26)15(9-17(25-20)13-4-5-13)21(27)24-14-6-7-19-18(8-14)23-12(3)28-19/h6-11,13H,4-5H2,1-3H3,(H,24,27). The molecule has 3 aromatic heterocycles. The van der Waals surface area contributed by atoms with E-state index in [1.807, 2.05) is 28.9 Å². The van der Waals surface area contributed by atoms with Crippen molar-refractivity contribution in [2.24, 2.45) is 0 Å². The van der Waals surface area contributed by atoms with Gasteiger partial charge in [0.15, 0.2) is 17.1 Å². The Balaban J connectivity index is 1.55. The molecule has 0 atom stereocenters. The van der Waals surface area contributed by atoms with E-state index in [1.165, 1.54) is 0 Å². The second-order valence-electron chi connectivity index (χ2n) is 7.66. The summed E-state index contributed by atoms with van der Waals surface area (Å²) in [6.07, 6.45) is 3.98. The van der Waals surface area contributed by atoms with Crippen LogP contribution in [0.3, 0.4) is 0 Å². The lowest BCUT2D eigenvalue weighted by Gasteiger charge is -2.10. The molecular weight excluding hydrogens is 354 g/mol. The molecule has 4 aromatic rings. The molecule has 0 unspecified atom stereocenters. The first-order valence-corrected chi connectivity index (χ1v) is 9.56. The lowest BCUT2D eigenvalue weighted by atomic mass is 10.1. The number of anilines is 1. The number of carbonyl (C=O) groups excluding carboxylic acids is 1. The van der Waals surface area contributed by atoms with E-state index < -0.39 is 0 Å². The van der Waals surface area contributed by atoms with Crippen LogP contribution < -0.4 is 5.32 Å². The molecule has 1 N–H and O–H groups in total. The van der Waals surface area contributed by atoms with Crippen molar-refractivity contribution in [3.8, 4) is 0 Å². The summed E-state index contributed by atoms with van der Waals surface area (Å²) in [7, 11) is 0. The predicted octanol–water partition coefficient (Wildman–Crippen LogP) is 4.59. The van der Waals surface area contributed by atoms with Crippen molar-refractivity contribution in [2.45, 2.75) is 45.6 Å². The maximum absolute atomic E-state index is 13.1. The minimum atomic E-state index is -0.169. The average Bonchev–Trinajstić information content (AvgIpc) is 3.30. The summed E-state index contributed by atoms with van der Waals surface area (Å²) < 4.78 is 7.38. The van der Waals surface area contributed by atoms with Crippen molar-refractivity contribution >= 4 is 33.7 Å². The number of aryl methyl sites for hydroxylation is 1. The fourth-order valence-corrected chi connectivity index (χ4v) is 3.51. The number of amides is 1. The zero-order valence-electron chi connectivity index (χ0n) is 16.1. The van der Waals surface area contributed by atoms with Gasteiger partial charge in [-0.15, -0.1) is 0 Å². The van der Waals surface area contributed by atoms with E-state index in [-0.39, 0.29) is 11.9 Å². The molecule has 0 bridgehead atoms. The van der Waals surface area contributed by atoms with Crippen LogP contribution in [-0.4, -0.2) is 25.7 Å². The van der Waals surface area contributed by atoms with Gasteiger partial charge in [0.05, 0.1) is 17.1 Å². The third kappa shape index (κ3) is 2.83. The first-order chi connectivity index (χ1) is 13.5. The highest BCUT2D eigenvalue weighted by Crippen LogP contribution is 2.40. The number of fused-ring (bicyclic) bond motifs is 2. The summed E-state index contributed by atoms with van der Waals surface area (Å²) in [5, 5.41) is 8.22. The van der Waals surface area contributed by atoms with Crippen LogP contribution in [0.15, 0.2) is 34.9 Å². The van der Waals surface area contributed by atoms with Gasteiger partial charge in [-0.05, 0) is 51.0 Å². The molecule has 0 radical (unpaired) electrons. The smallest absolute Gasteiger partial charge is 0.256 e. The molecule has 0 aliphatic heterocycles. The Bertz CT molecular complexity index is 1220. The minimum Gasteiger partial charge on any atom is -0.441 e. The van der Waals surface area contributed by atoms with Gasteiger partial charge < -0.3 is 9.73 Å². The summed E-state index contributed by atoms with van der Waals surface area (Å²) in [5.41, 5.74) is 4.46. The Hall–Kier alpha value is -3.22. The monoisotopic (exact) mass is 375 g/mol. The van der Waals surface area contributed by atoms with Gasteiger partial charge in [-0.1, -0.05) is 0 Å². The third-order valence-corrected chi connectivity index (χ3v) is 5.07. The van der Waals surface area contributed by atoms with Crippen LogP contribution in [0.2, 0.25) is 0 Å². The topological polar surface area (TPSA) is 85.8 Å². The number of nitrogens with zero attached hydrogens (tertiary/aromatic N) is 4. The van der Waals surface area contributed by atoms with Crippen molar-refractivity contribution in [1.29, 1.82) is 0 Å². The minimum absolute atomic E-state index is 0.169. The number of pyridine rings is 1. The van der Waals surface area contributed by atoms with Crippen LogP contribution >= 0.6 is 0 Å². The molecule has 0 spiro atoms. The highest BCUT2D eigenvalue weighted by molar-refractivity contribution is 6.12. The van der Waals surface area contributed by atoms with E-state index in [9.17, 15) is 4.79 Å². The van der Waals surface area contributed by atoms with Gasteiger partial charge in [0.2, 0.25) is 0 Å². The number of hydrogen-bond acceptors (Lipinski definition) is 5. The highest BCUT2D eigenvalue weighted by atomic mass is 16.3. The SMILES string of the molecule is Cc1nc2cc(NC(=O)c3cc(C4CC4)nc4c3cnn4C(C)C)ccc2o1. The van der Waals surface area contributed by atoms with Crippen LogP contribution in [0, 0.1) is 6.92 Å². The van der Waals surface area contributed by atoms with Gasteiger partial charge in [0, 0.05) is 30.3 Å². The fraction of sp³-hybridized carbons (Fsp3) is 0.333. The molecule has 1 saturated carbocycles. The quantitative estimate of drug-likeness (QED) is 0.564. The number of benzene rings is 1. The van der Waals surface area contributed by atoms with Gasteiger partial charge >= 0.3 is 0 Å². The van der Waals surface area contributed by atoms with Gasteiger partial charge in [0.1, 0.15) is 5.52 Å². The summed E-state index contributed by atoms with van der Waals surface area (Å²) in [6, 6.07) is 7.55. The number of aromatic nitrogens is 4. The van der Waals surface area contributed by atoms with E-state index in [0.29, 0.717) is 28.6 Å². The Labute approximate surface area is 161 Å². The van der Waals surface area contributed by atoms with Crippen LogP contribution in [0.1, 0.15) is 60.6 Å². The van der Waals surface area contributed by atoms with E-state index in [1.54, 1.807) is 13.1 Å². The molecule has 0 saturated heterocycles. The second-order valence-corrected chi connectivity index (χ2v) is 7.66. The molecule has 1 aromatic carbocycles. The van der Waals surface area contributed by atoms with E-state index >= 15 is 0 Å². The molecule has 1 aliphatic carbocycles. The van der Waals surface area contributed by atoms with Crippen molar-refractivity contribution in [1.82, 2.24) is 19.7 Å². The van der Waals surface area contributed by atoms with Crippen LogP contribution in [0.25, 0.3) is 22.1 Å². The third-order valence-electron chi connectivity index (χ3n) is 5.07. The van der Waals surface area contributed by atoms with Gasteiger partial charge in [-0.2, -0.15) is 5.10 Å². The predicted molar refractivity (Wildman–Crippen MR) is 107 cm³/mol. The van der Waals surface area contributed by atoms with Gasteiger partial charge in [-0.3, -0.25) is 4.79 Å². The molecule has 5 rings (SSSR count). The maximum Gasteiger partial charge on any atom is 0.256 e. The molecule has 7 nitrogen and oxygen atoms in total. The highest BCUT2D eigenvalue weighted by Gasteiger charge is 2.28. The lowest BCUT2D eigenvalue weighted by molar-refractivity contribution is 0.102. The Kier molecular flexibility index (Phi) is 3.72. The summed E-state index contributed by atoms with van der Waals surface area (Å²) >= 11 is 0. The van der Waals surface area contributed by atoms with Gasteiger partial charge in [0.25, 0.3) is 5.91 Å². The van der Waals surface area contributed by atoms with Crippen LogP contribution in [-0.2, 0) is 0 Å². The van der Waals surface area contributed by atoms with Gasteiger partial charge in [-0.25, -0.2) is 14.6 Å². The largest absolute Gasteiger partial charge is 0.441 e. The molecule has 28 heavy (non-hydrogen) atoms. The van der Waals surface area contributed by atoms with E-state index in [2.05, 4.69) is 29.2 Å². The van der Waals surface area contributed by atoms with Crippen molar-refractivity contribution in [2.75, 3.05) is 5.32 Å². The van der Waals surface area contributed by atoms with E-state index in [4.69, 9.17) is 9.40 Å². The summed E-state index contributed by atoms with van der Waals surface area (Å²) in [5.74, 6) is 0.877. The second kappa shape index (κ2) is 6.15. The summed E-state index contributed by atoms with van der Waals surface area (Å²) in [4.78, 5) is 22.3. The normalized spacial score (nSPS) is 14.3. The molecule has 1 fully saturated rings. The van der Waals surface area contributed by atoms with Crippen molar-refractivity contribution < 1.29 is 9.21 Å². The zero-order chi connectivity index (χ0) is 19.4. The fourth-order valence-electron chi connectivity index (χ4n) is 3.51. The summed E-state index contributed by atoms with van der Waals surface area (Å²) in [6.45, 7) is 5.93. The average molecular weight is 375 g/mol. The molecule has 1 amide bonds. The number of hydrogen-bond donors (Lipinski definition) is 1.